The quantitative estimate of drug-likeness (QED) is 0.632. The van der Waals surface area contributed by atoms with Crippen molar-refractivity contribution in [1.29, 1.82) is 0 Å². The zero-order valence-corrected chi connectivity index (χ0v) is 13.0. The van der Waals surface area contributed by atoms with Gasteiger partial charge < -0.3 is 10.1 Å². The first-order valence-corrected chi connectivity index (χ1v) is 8.51. The molecule has 2 N–H and O–H groups in total. The second-order valence-corrected chi connectivity index (χ2v) is 6.43. The number of ether oxygens (including phenoxy) is 1. The van der Waals surface area contributed by atoms with Gasteiger partial charge in [0.25, 0.3) is 0 Å². The summed E-state index contributed by atoms with van der Waals surface area (Å²) >= 11 is 3.18. The van der Waals surface area contributed by atoms with Crippen LogP contribution < -0.4 is 10.0 Å². The van der Waals surface area contributed by atoms with Crippen molar-refractivity contribution >= 4 is 34.9 Å². The number of anilines is 1. The van der Waals surface area contributed by atoms with Crippen LogP contribution in [0.1, 0.15) is 12.0 Å². The summed E-state index contributed by atoms with van der Waals surface area (Å²) in [6, 6.07) is 10.1. The zero-order valence-electron chi connectivity index (χ0n) is 11.4. The van der Waals surface area contributed by atoms with Crippen LogP contribution in [0.2, 0.25) is 0 Å². The summed E-state index contributed by atoms with van der Waals surface area (Å²) in [4.78, 5) is 12.4. The third kappa shape index (κ3) is 4.00. The molecule has 1 unspecified atom stereocenters. The van der Waals surface area contributed by atoms with Crippen LogP contribution in [0.5, 0.6) is 0 Å². The van der Waals surface area contributed by atoms with Crippen LogP contribution in [0.25, 0.3) is 0 Å². The minimum atomic E-state index is -0.189. The van der Waals surface area contributed by atoms with Crippen molar-refractivity contribution < 1.29 is 9.53 Å². The van der Waals surface area contributed by atoms with Gasteiger partial charge in [0, 0.05) is 23.5 Å². The van der Waals surface area contributed by atoms with Crippen LogP contribution in [-0.4, -0.2) is 18.6 Å². The van der Waals surface area contributed by atoms with E-state index >= 15 is 0 Å². The highest BCUT2D eigenvalue weighted by Crippen LogP contribution is 2.20. The second-order valence-electron chi connectivity index (χ2n) is 4.74. The lowest BCUT2D eigenvalue weighted by atomic mass is 10.3. The highest BCUT2D eigenvalue weighted by atomic mass is 32.2. The van der Waals surface area contributed by atoms with Crippen LogP contribution in [0, 0.1) is 0 Å². The van der Waals surface area contributed by atoms with Gasteiger partial charge in [0.1, 0.15) is 6.04 Å². The number of benzene rings is 1. The molecule has 0 aliphatic carbocycles. The van der Waals surface area contributed by atoms with Crippen molar-refractivity contribution in [3.63, 3.8) is 0 Å². The van der Waals surface area contributed by atoms with Gasteiger partial charge in [0.15, 0.2) is 0 Å². The minimum absolute atomic E-state index is 0.156. The molecular formula is C15H16N2O2S2. The van der Waals surface area contributed by atoms with Crippen LogP contribution in [0.15, 0.2) is 46.0 Å². The Hall–Kier alpha value is -1.50. The lowest BCUT2D eigenvalue weighted by Crippen LogP contribution is -2.27. The Morgan fingerprint density at radius 3 is 2.81 bits per heavy atom. The average Bonchev–Trinajstić information content (AvgIpc) is 3.16. The fourth-order valence-electron chi connectivity index (χ4n) is 1.98. The van der Waals surface area contributed by atoms with Gasteiger partial charge in [-0.2, -0.15) is 11.3 Å². The molecule has 0 saturated carbocycles. The maximum atomic E-state index is 11.3. The topological polar surface area (TPSA) is 50.4 Å². The van der Waals surface area contributed by atoms with Crippen LogP contribution in [-0.2, 0) is 16.1 Å². The highest BCUT2D eigenvalue weighted by Gasteiger charge is 2.25. The van der Waals surface area contributed by atoms with E-state index in [4.69, 9.17) is 4.74 Å². The van der Waals surface area contributed by atoms with Gasteiger partial charge in [-0.15, -0.1) is 0 Å². The predicted molar refractivity (Wildman–Crippen MR) is 86.4 cm³/mol. The van der Waals surface area contributed by atoms with E-state index in [1.165, 1.54) is 17.5 Å². The summed E-state index contributed by atoms with van der Waals surface area (Å²) in [6.45, 7) is 1.35. The standard InChI is InChI=1S/C15H16N2O2S2/c18-15-14(5-7-19-15)17-21-13-3-1-12(2-4-13)16-9-11-6-8-20-10-11/h1-4,6,8,10,14,16-17H,5,7,9H2. The number of hydrogen-bond acceptors (Lipinski definition) is 6. The molecular weight excluding hydrogens is 304 g/mol. The smallest absolute Gasteiger partial charge is 0.324 e. The molecule has 1 aromatic heterocycles. The molecule has 110 valence electrons. The van der Waals surface area contributed by atoms with Gasteiger partial charge in [-0.1, -0.05) is 0 Å². The predicted octanol–water partition coefficient (Wildman–Crippen LogP) is 3.27. The number of nitrogens with one attached hydrogen (secondary N) is 2. The molecule has 0 bridgehead atoms. The normalized spacial score (nSPS) is 17.7. The maximum Gasteiger partial charge on any atom is 0.324 e. The number of esters is 1. The number of thiophene rings is 1. The molecule has 1 aromatic carbocycles. The van der Waals surface area contributed by atoms with E-state index in [0.717, 1.165) is 23.5 Å². The van der Waals surface area contributed by atoms with E-state index in [1.807, 2.05) is 24.3 Å². The van der Waals surface area contributed by atoms with E-state index in [1.54, 1.807) is 11.3 Å². The third-order valence-electron chi connectivity index (χ3n) is 3.19. The van der Waals surface area contributed by atoms with Gasteiger partial charge in [0.05, 0.1) is 6.61 Å². The number of carbonyl (C=O) groups is 1. The molecule has 0 spiro atoms. The van der Waals surface area contributed by atoms with Crippen molar-refractivity contribution in [3.05, 3.63) is 46.7 Å². The Balaban J connectivity index is 1.48. The second kappa shape index (κ2) is 6.98. The summed E-state index contributed by atoms with van der Waals surface area (Å²) in [6.07, 6.45) is 0.742. The largest absolute Gasteiger partial charge is 0.464 e. The van der Waals surface area contributed by atoms with Crippen molar-refractivity contribution in [1.82, 2.24) is 4.72 Å². The van der Waals surface area contributed by atoms with E-state index in [-0.39, 0.29) is 12.0 Å². The molecule has 1 aliphatic heterocycles. The van der Waals surface area contributed by atoms with Crippen LogP contribution >= 0.6 is 23.3 Å². The summed E-state index contributed by atoms with van der Waals surface area (Å²) in [5, 5.41) is 7.60. The number of cyclic esters (lactones) is 1. The fraction of sp³-hybridized carbons (Fsp3) is 0.267. The average molecular weight is 320 g/mol. The molecule has 1 atom stereocenters. The Kier molecular flexibility index (Phi) is 4.80. The van der Waals surface area contributed by atoms with Gasteiger partial charge in [-0.05, 0) is 58.6 Å². The molecule has 0 amide bonds. The SMILES string of the molecule is O=C1OCCC1NSc1ccc(NCc2ccsc2)cc1. The van der Waals surface area contributed by atoms with Crippen molar-refractivity contribution in [2.45, 2.75) is 23.9 Å². The molecule has 2 aromatic rings. The van der Waals surface area contributed by atoms with Gasteiger partial charge in [-0.3, -0.25) is 4.79 Å². The Morgan fingerprint density at radius 1 is 1.29 bits per heavy atom. The first-order valence-electron chi connectivity index (χ1n) is 6.75. The molecule has 2 heterocycles. The van der Waals surface area contributed by atoms with E-state index < -0.39 is 0 Å². The molecule has 1 aliphatic rings. The zero-order chi connectivity index (χ0) is 14.5. The minimum Gasteiger partial charge on any atom is -0.464 e. The number of hydrogen-bond donors (Lipinski definition) is 2. The monoisotopic (exact) mass is 320 g/mol. The molecule has 4 nitrogen and oxygen atoms in total. The van der Waals surface area contributed by atoms with Crippen LogP contribution in [0.3, 0.4) is 0 Å². The van der Waals surface area contributed by atoms with Gasteiger partial charge in [-0.25, -0.2) is 4.72 Å². The summed E-state index contributed by atoms with van der Waals surface area (Å²) in [5.74, 6) is -0.156. The van der Waals surface area contributed by atoms with E-state index in [9.17, 15) is 4.79 Å². The Morgan fingerprint density at radius 2 is 2.14 bits per heavy atom. The van der Waals surface area contributed by atoms with Crippen molar-refractivity contribution in [2.75, 3.05) is 11.9 Å². The van der Waals surface area contributed by atoms with E-state index in [0.29, 0.717) is 6.61 Å². The Bertz CT molecular complexity index is 584. The fourth-order valence-corrected chi connectivity index (χ4v) is 3.41. The lowest BCUT2D eigenvalue weighted by Gasteiger charge is -2.09. The maximum absolute atomic E-state index is 11.3. The van der Waals surface area contributed by atoms with Gasteiger partial charge in [0.2, 0.25) is 0 Å². The molecule has 0 radical (unpaired) electrons. The van der Waals surface area contributed by atoms with E-state index in [2.05, 4.69) is 26.9 Å². The highest BCUT2D eigenvalue weighted by molar-refractivity contribution is 7.97. The van der Waals surface area contributed by atoms with Crippen molar-refractivity contribution in [3.8, 4) is 0 Å². The van der Waals surface area contributed by atoms with Gasteiger partial charge >= 0.3 is 5.97 Å². The summed E-state index contributed by atoms with van der Waals surface area (Å²) in [7, 11) is 0. The molecule has 1 saturated heterocycles. The van der Waals surface area contributed by atoms with Crippen molar-refractivity contribution in [2.24, 2.45) is 0 Å². The molecule has 3 rings (SSSR count). The summed E-state index contributed by atoms with van der Waals surface area (Å²) in [5.41, 5.74) is 2.38. The molecule has 21 heavy (non-hydrogen) atoms. The number of carbonyl (C=O) groups excluding carboxylic acids is 1. The number of rotatable bonds is 6. The third-order valence-corrected chi connectivity index (χ3v) is 4.83. The molecule has 1 fully saturated rings. The first-order chi connectivity index (χ1) is 10.3. The lowest BCUT2D eigenvalue weighted by molar-refractivity contribution is -0.139. The Labute approximate surface area is 132 Å². The first kappa shape index (κ1) is 14.4. The molecule has 6 heteroatoms. The van der Waals surface area contributed by atoms with Crippen LogP contribution in [0.4, 0.5) is 5.69 Å². The summed E-state index contributed by atoms with van der Waals surface area (Å²) < 4.78 is 8.06.